The Morgan fingerprint density at radius 2 is 1.97 bits per heavy atom. The second-order valence-electron chi connectivity index (χ2n) is 7.22. The zero-order chi connectivity index (χ0) is 23.7. The van der Waals surface area contributed by atoms with E-state index in [1.807, 2.05) is 42.5 Å². The number of allylic oxidation sites excluding steroid dienone is 1. The van der Waals surface area contributed by atoms with Gasteiger partial charge in [0.25, 0.3) is 5.56 Å². The molecule has 0 fully saturated rings. The van der Waals surface area contributed by atoms with Gasteiger partial charge >= 0.3 is 5.97 Å². The quantitative estimate of drug-likeness (QED) is 0.414. The zero-order valence-electron chi connectivity index (χ0n) is 18.1. The zero-order valence-corrected chi connectivity index (χ0v) is 22.1. The smallest absolute Gasteiger partial charge is 0.338 e. The van der Waals surface area contributed by atoms with Gasteiger partial charge in [0, 0.05) is 10.0 Å². The van der Waals surface area contributed by atoms with Crippen LogP contribution >= 0.6 is 43.2 Å². The molecule has 1 atom stereocenters. The summed E-state index contributed by atoms with van der Waals surface area (Å²) in [6, 6.07) is 12.6. The minimum absolute atomic E-state index is 0.235. The molecule has 1 aromatic heterocycles. The lowest BCUT2D eigenvalue weighted by molar-refractivity contribution is -0.139. The van der Waals surface area contributed by atoms with E-state index < -0.39 is 12.0 Å². The molecule has 2 heterocycles. The van der Waals surface area contributed by atoms with Crippen LogP contribution in [0, 0.1) is 0 Å². The number of methoxy groups -OCH3 is 1. The Hall–Kier alpha value is -2.49. The number of aromatic nitrogens is 1. The molecule has 6 nitrogen and oxygen atoms in total. The Bertz CT molecular complexity index is 1440. The van der Waals surface area contributed by atoms with E-state index in [1.54, 1.807) is 31.6 Å². The molecule has 0 aliphatic carbocycles. The fourth-order valence-corrected chi connectivity index (χ4v) is 6.24. The number of rotatable bonds is 5. The van der Waals surface area contributed by atoms with Gasteiger partial charge in [-0.2, -0.15) is 0 Å². The largest absolute Gasteiger partial charge is 0.495 e. The first-order chi connectivity index (χ1) is 15.8. The highest BCUT2D eigenvalue weighted by atomic mass is 79.9. The summed E-state index contributed by atoms with van der Waals surface area (Å²) < 4.78 is 14.5. The van der Waals surface area contributed by atoms with Crippen molar-refractivity contribution < 1.29 is 14.3 Å². The maximum atomic E-state index is 13.6. The maximum absolute atomic E-state index is 13.6. The van der Waals surface area contributed by atoms with E-state index in [4.69, 9.17) is 9.47 Å². The van der Waals surface area contributed by atoms with Crippen LogP contribution in [0.1, 0.15) is 31.0 Å². The van der Waals surface area contributed by atoms with E-state index in [0.29, 0.717) is 26.4 Å². The van der Waals surface area contributed by atoms with Crippen molar-refractivity contribution in [2.45, 2.75) is 19.9 Å². The number of hydrogen-bond donors (Lipinski definition) is 0. The van der Waals surface area contributed by atoms with Crippen molar-refractivity contribution in [3.63, 3.8) is 0 Å². The SMILES string of the molecule is CCOC(=O)C1=C(C)N=c2s/c(=C\c3cc(Br)cc(Br)c3OC)c(=O)n2[C@H]1c1ccccc1. The third-order valence-electron chi connectivity index (χ3n) is 5.16. The highest BCUT2D eigenvalue weighted by molar-refractivity contribution is 9.11. The number of halogens is 2. The van der Waals surface area contributed by atoms with Crippen LogP contribution in [0.5, 0.6) is 5.75 Å². The third-order valence-corrected chi connectivity index (χ3v) is 7.19. The average molecular weight is 592 g/mol. The summed E-state index contributed by atoms with van der Waals surface area (Å²) in [4.78, 5) is 31.7. The number of nitrogens with zero attached hydrogens (tertiary/aromatic N) is 2. The minimum Gasteiger partial charge on any atom is -0.495 e. The first-order valence-corrected chi connectivity index (χ1v) is 12.5. The van der Waals surface area contributed by atoms with Crippen molar-refractivity contribution in [1.29, 1.82) is 0 Å². The number of fused-ring (bicyclic) bond motifs is 1. The normalized spacial score (nSPS) is 15.8. The molecule has 0 bridgehead atoms. The van der Waals surface area contributed by atoms with Gasteiger partial charge in [-0.25, -0.2) is 9.79 Å². The number of benzene rings is 2. The molecule has 1 aliphatic rings. The summed E-state index contributed by atoms with van der Waals surface area (Å²) in [6.07, 6.45) is 1.78. The van der Waals surface area contributed by atoms with Crippen molar-refractivity contribution >= 4 is 55.2 Å². The molecular weight excluding hydrogens is 572 g/mol. The fraction of sp³-hybridized carbons (Fsp3) is 0.208. The van der Waals surface area contributed by atoms with Gasteiger partial charge in [-0.15, -0.1) is 0 Å². The Morgan fingerprint density at radius 3 is 2.64 bits per heavy atom. The predicted molar refractivity (Wildman–Crippen MR) is 135 cm³/mol. The molecule has 0 saturated carbocycles. The van der Waals surface area contributed by atoms with Crippen LogP contribution in [0.3, 0.4) is 0 Å². The molecule has 0 unspecified atom stereocenters. The molecule has 2 aromatic carbocycles. The van der Waals surface area contributed by atoms with Crippen molar-refractivity contribution in [2.24, 2.45) is 4.99 Å². The number of esters is 1. The van der Waals surface area contributed by atoms with E-state index in [0.717, 1.165) is 20.1 Å². The molecule has 9 heteroatoms. The third kappa shape index (κ3) is 4.49. The van der Waals surface area contributed by atoms with Crippen LogP contribution in [0.2, 0.25) is 0 Å². The van der Waals surface area contributed by atoms with Gasteiger partial charge in [0.1, 0.15) is 5.75 Å². The van der Waals surface area contributed by atoms with E-state index in [-0.39, 0.29) is 12.2 Å². The monoisotopic (exact) mass is 590 g/mol. The summed E-state index contributed by atoms with van der Waals surface area (Å²) >= 11 is 8.26. The molecule has 0 amide bonds. The molecule has 4 rings (SSSR count). The van der Waals surface area contributed by atoms with E-state index in [1.165, 1.54) is 11.3 Å². The second kappa shape index (κ2) is 9.79. The molecule has 33 heavy (non-hydrogen) atoms. The summed E-state index contributed by atoms with van der Waals surface area (Å²) in [6.45, 7) is 3.76. The van der Waals surface area contributed by atoms with Crippen LogP contribution in [0.15, 0.2) is 72.5 Å². The van der Waals surface area contributed by atoms with E-state index >= 15 is 0 Å². The Labute approximate surface area is 211 Å². The average Bonchev–Trinajstić information content (AvgIpc) is 3.08. The van der Waals surface area contributed by atoms with Gasteiger partial charge in [-0.1, -0.05) is 57.6 Å². The first kappa shape index (κ1) is 23.7. The predicted octanol–water partition coefficient (Wildman–Crippen LogP) is 4.33. The lowest BCUT2D eigenvalue weighted by atomic mass is 9.96. The van der Waals surface area contributed by atoms with E-state index in [2.05, 4.69) is 36.9 Å². The molecule has 3 aromatic rings. The van der Waals surface area contributed by atoms with E-state index in [9.17, 15) is 9.59 Å². The van der Waals surface area contributed by atoms with Crippen LogP contribution in [-0.4, -0.2) is 24.3 Å². The standard InChI is InChI=1S/C24H20Br2N2O4S/c1-4-32-23(30)19-13(2)27-24-28(20(19)14-8-6-5-7-9-14)22(29)18(33-24)11-15-10-16(25)12-17(26)21(15)31-3/h5-12,20H,4H2,1-3H3/b18-11-/t20-/m0/s1. The minimum atomic E-state index is -0.625. The Kier molecular flexibility index (Phi) is 7.02. The Balaban J connectivity index is 1.98. The summed E-state index contributed by atoms with van der Waals surface area (Å²) in [5.41, 5.74) is 2.22. The lowest BCUT2D eigenvalue weighted by Gasteiger charge is -2.24. The van der Waals surface area contributed by atoms with Crippen LogP contribution in [0.25, 0.3) is 6.08 Å². The van der Waals surface area contributed by atoms with Gasteiger partial charge in [-0.3, -0.25) is 9.36 Å². The van der Waals surface area contributed by atoms with Crippen molar-refractivity contribution in [2.75, 3.05) is 13.7 Å². The number of carbonyl (C=O) groups excluding carboxylic acids is 1. The highest BCUT2D eigenvalue weighted by Gasteiger charge is 2.33. The van der Waals surface area contributed by atoms with Crippen LogP contribution in [-0.2, 0) is 9.53 Å². The topological polar surface area (TPSA) is 69.9 Å². The van der Waals surface area contributed by atoms with Gasteiger partial charge in [-0.05, 0) is 53.5 Å². The summed E-state index contributed by atoms with van der Waals surface area (Å²) in [7, 11) is 1.58. The molecule has 1 aliphatic heterocycles. The summed E-state index contributed by atoms with van der Waals surface area (Å²) in [5.74, 6) is 0.145. The van der Waals surface area contributed by atoms with Crippen LogP contribution in [0.4, 0.5) is 0 Å². The van der Waals surface area contributed by atoms with Gasteiger partial charge in [0.15, 0.2) is 4.80 Å². The molecular formula is C24H20Br2N2O4S. The Morgan fingerprint density at radius 1 is 1.24 bits per heavy atom. The molecule has 0 saturated heterocycles. The fourth-order valence-electron chi connectivity index (χ4n) is 3.79. The number of thiazole rings is 1. The summed E-state index contributed by atoms with van der Waals surface area (Å²) in [5, 5.41) is 0. The van der Waals surface area contributed by atoms with Crippen LogP contribution < -0.4 is 19.6 Å². The van der Waals surface area contributed by atoms with Gasteiger partial charge in [0.2, 0.25) is 0 Å². The molecule has 0 spiro atoms. The molecule has 0 radical (unpaired) electrons. The van der Waals surface area contributed by atoms with Crippen molar-refractivity contribution in [3.8, 4) is 5.75 Å². The highest BCUT2D eigenvalue weighted by Crippen LogP contribution is 2.33. The van der Waals surface area contributed by atoms with Gasteiger partial charge in [0.05, 0.1) is 40.0 Å². The number of hydrogen-bond acceptors (Lipinski definition) is 6. The van der Waals surface area contributed by atoms with Crippen molar-refractivity contribution in [1.82, 2.24) is 4.57 Å². The lowest BCUT2D eigenvalue weighted by Crippen LogP contribution is -2.39. The second-order valence-corrected chi connectivity index (χ2v) is 10.0. The molecule has 170 valence electrons. The van der Waals surface area contributed by atoms with Gasteiger partial charge < -0.3 is 9.47 Å². The van der Waals surface area contributed by atoms with Crippen molar-refractivity contribution in [3.05, 3.63) is 93.5 Å². The molecule has 0 N–H and O–H groups in total. The first-order valence-electron chi connectivity index (χ1n) is 10.1. The number of ether oxygens (including phenoxy) is 2. The number of carbonyl (C=O) groups is 1. The maximum Gasteiger partial charge on any atom is 0.338 e.